The molecule has 6 nitrogen and oxygen atoms in total. The predicted molar refractivity (Wildman–Crippen MR) is 95.7 cm³/mol. The second kappa shape index (κ2) is 8.45. The molecule has 0 aromatic heterocycles. The van der Waals surface area contributed by atoms with Crippen LogP contribution in [0.4, 0.5) is 0 Å². The average molecular weight is 345 g/mol. The number of rotatable bonds is 6. The number of benzene rings is 1. The van der Waals surface area contributed by atoms with Gasteiger partial charge in [-0.1, -0.05) is 12.1 Å². The summed E-state index contributed by atoms with van der Waals surface area (Å²) < 4.78 is 0. The fraction of sp³-hybridized carbons (Fsp3) is 0.579. The highest BCUT2D eigenvalue weighted by molar-refractivity contribution is 5.87. The first kappa shape index (κ1) is 17.9. The molecule has 0 saturated carbocycles. The summed E-state index contributed by atoms with van der Waals surface area (Å²) in [5.41, 5.74) is 1.46. The number of likely N-dealkylation sites (tertiary alicyclic amines) is 1. The topological polar surface area (TPSA) is 72.9 Å². The van der Waals surface area contributed by atoms with Crippen LogP contribution in [0, 0.1) is 5.92 Å². The van der Waals surface area contributed by atoms with Crippen LogP contribution >= 0.6 is 0 Å². The van der Waals surface area contributed by atoms with E-state index in [9.17, 15) is 9.59 Å². The number of hydrogen-bond acceptors (Lipinski definition) is 4. The molecule has 1 aromatic carbocycles. The Morgan fingerprint density at radius 3 is 2.52 bits per heavy atom. The van der Waals surface area contributed by atoms with Crippen molar-refractivity contribution in [3.8, 4) is 0 Å². The fourth-order valence-electron chi connectivity index (χ4n) is 3.69. The second-order valence-corrected chi connectivity index (χ2v) is 7.04. The van der Waals surface area contributed by atoms with E-state index in [4.69, 9.17) is 5.11 Å². The van der Waals surface area contributed by atoms with Crippen LogP contribution in [0.5, 0.6) is 0 Å². The first-order valence-corrected chi connectivity index (χ1v) is 9.15. The van der Waals surface area contributed by atoms with E-state index in [1.54, 1.807) is 12.1 Å². The van der Waals surface area contributed by atoms with Gasteiger partial charge in [0, 0.05) is 52.2 Å². The Balaban J connectivity index is 1.42. The van der Waals surface area contributed by atoms with Crippen molar-refractivity contribution in [3.63, 3.8) is 0 Å². The Bertz CT molecular complexity index is 596. The van der Waals surface area contributed by atoms with E-state index < -0.39 is 5.97 Å². The van der Waals surface area contributed by atoms with Gasteiger partial charge in [0.2, 0.25) is 5.91 Å². The maximum absolute atomic E-state index is 12.4. The number of piperazine rings is 1. The standard InChI is InChI=1S/C19H27N3O3/c23-18(6-9-21-11-7-20-8-12-21)22-10-5-16(14-22)13-15-1-3-17(4-2-15)19(24)25/h1-4,16,20H,5-14H2,(H,24,25)/t16-/m0/s1. The molecule has 2 aliphatic heterocycles. The zero-order chi connectivity index (χ0) is 17.6. The summed E-state index contributed by atoms with van der Waals surface area (Å²) in [7, 11) is 0. The van der Waals surface area contributed by atoms with E-state index in [1.165, 1.54) is 0 Å². The summed E-state index contributed by atoms with van der Waals surface area (Å²) in [5.74, 6) is -0.158. The van der Waals surface area contributed by atoms with Crippen molar-refractivity contribution >= 4 is 11.9 Å². The smallest absolute Gasteiger partial charge is 0.335 e. The van der Waals surface area contributed by atoms with Gasteiger partial charge in [-0.25, -0.2) is 4.79 Å². The SMILES string of the molecule is O=C(O)c1ccc(C[C@@H]2CCN(C(=O)CCN3CCNCC3)C2)cc1. The fourth-order valence-corrected chi connectivity index (χ4v) is 3.69. The maximum atomic E-state index is 12.4. The predicted octanol–water partition coefficient (Wildman–Crippen LogP) is 1.07. The molecule has 3 rings (SSSR count). The van der Waals surface area contributed by atoms with Gasteiger partial charge in [-0.05, 0) is 36.5 Å². The van der Waals surface area contributed by atoms with Gasteiger partial charge in [0.25, 0.3) is 0 Å². The molecule has 2 heterocycles. The lowest BCUT2D eigenvalue weighted by Gasteiger charge is -2.27. The summed E-state index contributed by atoms with van der Waals surface area (Å²) in [6, 6.07) is 7.09. The third-order valence-corrected chi connectivity index (χ3v) is 5.22. The highest BCUT2D eigenvalue weighted by atomic mass is 16.4. The first-order valence-electron chi connectivity index (χ1n) is 9.15. The number of aromatic carboxylic acids is 1. The van der Waals surface area contributed by atoms with Crippen molar-refractivity contribution in [3.05, 3.63) is 35.4 Å². The number of carbonyl (C=O) groups excluding carboxylic acids is 1. The number of nitrogens with one attached hydrogen (secondary N) is 1. The second-order valence-electron chi connectivity index (χ2n) is 7.04. The Kier molecular flexibility index (Phi) is 6.04. The summed E-state index contributed by atoms with van der Waals surface area (Å²) in [4.78, 5) is 27.7. The molecular formula is C19H27N3O3. The molecule has 0 bridgehead atoms. The highest BCUT2D eigenvalue weighted by Gasteiger charge is 2.26. The summed E-state index contributed by atoms with van der Waals surface area (Å²) in [6.07, 6.45) is 2.54. The van der Waals surface area contributed by atoms with Gasteiger partial charge in [0.15, 0.2) is 0 Å². The molecule has 2 fully saturated rings. The molecule has 0 aliphatic carbocycles. The summed E-state index contributed by atoms with van der Waals surface area (Å²) in [5, 5.41) is 12.3. The lowest BCUT2D eigenvalue weighted by molar-refractivity contribution is -0.130. The van der Waals surface area contributed by atoms with Gasteiger partial charge in [-0.2, -0.15) is 0 Å². The zero-order valence-corrected chi connectivity index (χ0v) is 14.6. The minimum absolute atomic E-state index is 0.266. The van der Waals surface area contributed by atoms with Gasteiger partial charge in [0.1, 0.15) is 0 Å². The minimum Gasteiger partial charge on any atom is -0.478 e. The molecule has 0 unspecified atom stereocenters. The van der Waals surface area contributed by atoms with Crippen LogP contribution in [-0.4, -0.2) is 72.6 Å². The molecule has 1 aromatic rings. The number of carbonyl (C=O) groups is 2. The van der Waals surface area contributed by atoms with Crippen LogP contribution < -0.4 is 5.32 Å². The van der Waals surface area contributed by atoms with E-state index in [0.717, 1.165) is 64.2 Å². The third kappa shape index (κ3) is 5.03. The highest BCUT2D eigenvalue weighted by Crippen LogP contribution is 2.22. The third-order valence-electron chi connectivity index (χ3n) is 5.22. The van der Waals surface area contributed by atoms with E-state index >= 15 is 0 Å². The number of carboxylic acid groups (broad SMARTS) is 1. The minimum atomic E-state index is -0.895. The van der Waals surface area contributed by atoms with E-state index in [1.807, 2.05) is 17.0 Å². The molecule has 136 valence electrons. The number of hydrogen-bond donors (Lipinski definition) is 2. The number of amides is 1. The van der Waals surface area contributed by atoms with Crippen molar-refractivity contribution in [1.82, 2.24) is 15.1 Å². The maximum Gasteiger partial charge on any atom is 0.335 e. The van der Waals surface area contributed by atoms with Crippen LogP contribution in [-0.2, 0) is 11.2 Å². The molecule has 0 radical (unpaired) electrons. The lowest BCUT2D eigenvalue weighted by atomic mass is 9.98. The largest absolute Gasteiger partial charge is 0.478 e. The Hall–Kier alpha value is -1.92. The quantitative estimate of drug-likeness (QED) is 0.807. The van der Waals surface area contributed by atoms with Crippen LogP contribution in [0.3, 0.4) is 0 Å². The monoisotopic (exact) mass is 345 g/mol. The van der Waals surface area contributed by atoms with Crippen molar-refractivity contribution in [2.45, 2.75) is 19.3 Å². The van der Waals surface area contributed by atoms with Gasteiger partial charge in [-0.3, -0.25) is 4.79 Å². The lowest BCUT2D eigenvalue weighted by Crippen LogP contribution is -2.44. The molecule has 25 heavy (non-hydrogen) atoms. The van der Waals surface area contributed by atoms with Crippen molar-refractivity contribution in [1.29, 1.82) is 0 Å². The van der Waals surface area contributed by atoms with E-state index in [2.05, 4.69) is 10.2 Å². The van der Waals surface area contributed by atoms with Crippen LogP contribution in [0.1, 0.15) is 28.8 Å². The van der Waals surface area contributed by atoms with Gasteiger partial charge in [-0.15, -0.1) is 0 Å². The molecule has 6 heteroatoms. The Labute approximate surface area is 148 Å². The molecular weight excluding hydrogens is 318 g/mol. The Morgan fingerprint density at radius 1 is 1.12 bits per heavy atom. The Morgan fingerprint density at radius 2 is 1.84 bits per heavy atom. The number of nitrogens with zero attached hydrogens (tertiary/aromatic N) is 2. The molecule has 2 N–H and O–H groups in total. The van der Waals surface area contributed by atoms with Crippen LogP contribution in [0.15, 0.2) is 24.3 Å². The van der Waals surface area contributed by atoms with Crippen molar-refractivity contribution in [2.24, 2.45) is 5.92 Å². The molecule has 2 saturated heterocycles. The van der Waals surface area contributed by atoms with Gasteiger partial charge >= 0.3 is 5.97 Å². The molecule has 0 spiro atoms. The van der Waals surface area contributed by atoms with Crippen molar-refractivity contribution in [2.75, 3.05) is 45.8 Å². The van der Waals surface area contributed by atoms with Gasteiger partial charge in [0.05, 0.1) is 5.56 Å². The first-order chi connectivity index (χ1) is 12.1. The van der Waals surface area contributed by atoms with Crippen molar-refractivity contribution < 1.29 is 14.7 Å². The van der Waals surface area contributed by atoms with Crippen LogP contribution in [0.25, 0.3) is 0 Å². The van der Waals surface area contributed by atoms with Crippen LogP contribution in [0.2, 0.25) is 0 Å². The number of carboxylic acids is 1. The zero-order valence-electron chi connectivity index (χ0n) is 14.6. The molecule has 1 amide bonds. The molecule has 2 aliphatic rings. The molecule has 1 atom stereocenters. The van der Waals surface area contributed by atoms with E-state index in [0.29, 0.717) is 17.9 Å². The normalized spacial score (nSPS) is 21.4. The summed E-state index contributed by atoms with van der Waals surface area (Å²) >= 11 is 0. The summed E-state index contributed by atoms with van der Waals surface area (Å²) in [6.45, 7) is 6.61. The van der Waals surface area contributed by atoms with Gasteiger partial charge < -0.3 is 20.2 Å². The van der Waals surface area contributed by atoms with E-state index in [-0.39, 0.29) is 5.91 Å². The average Bonchev–Trinajstić information content (AvgIpc) is 3.09.